The molecule has 0 bridgehead atoms. The summed E-state index contributed by atoms with van der Waals surface area (Å²) in [6.45, 7) is 0. The van der Waals surface area contributed by atoms with Gasteiger partial charge in [-0.25, -0.2) is 16.8 Å². The van der Waals surface area contributed by atoms with Crippen molar-refractivity contribution >= 4 is 54.6 Å². The third kappa shape index (κ3) is 4.81. The van der Waals surface area contributed by atoms with E-state index in [1.807, 2.05) is 0 Å². The SMILES string of the molecule is COc1ccccc1NS(=O)(=O)c1cc(NS(=O)(=O)c2ccccc2Cl)ccc1Cl. The lowest BCUT2D eigenvalue weighted by atomic mass is 10.3. The number of hydrogen-bond donors (Lipinski definition) is 2. The average Bonchev–Trinajstić information content (AvgIpc) is 2.69. The van der Waals surface area contributed by atoms with Gasteiger partial charge in [0.05, 0.1) is 28.5 Å². The van der Waals surface area contributed by atoms with Crippen molar-refractivity contribution < 1.29 is 21.6 Å². The summed E-state index contributed by atoms with van der Waals surface area (Å²) in [6.07, 6.45) is 0. The Morgan fingerprint density at radius 2 is 1.33 bits per heavy atom. The number of ether oxygens (including phenoxy) is 1. The van der Waals surface area contributed by atoms with E-state index in [1.165, 1.54) is 43.5 Å². The second kappa shape index (κ2) is 8.73. The van der Waals surface area contributed by atoms with Crippen LogP contribution in [0.1, 0.15) is 0 Å². The first-order chi connectivity index (χ1) is 14.1. The first kappa shape index (κ1) is 22.2. The highest BCUT2D eigenvalue weighted by Gasteiger charge is 2.23. The number of hydrogen-bond acceptors (Lipinski definition) is 5. The van der Waals surface area contributed by atoms with Gasteiger partial charge in [0.25, 0.3) is 20.0 Å². The Morgan fingerprint density at radius 1 is 0.733 bits per heavy atom. The smallest absolute Gasteiger partial charge is 0.263 e. The van der Waals surface area contributed by atoms with Crippen molar-refractivity contribution in [2.75, 3.05) is 16.6 Å². The lowest BCUT2D eigenvalue weighted by molar-refractivity contribution is 0.417. The summed E-state index contributed by atoms with van der Waals surface area (Å²) in [5.74, 6) is 0.313. The minimum absolute atomic E-state index is 0.000258. The van der Waals surface area contributed by atoms with Crippen LogP contribution in [0.5, 0.6) is 5.75 Å². The maximum absolute atomic E-state index is 12.9. The van der Waals surface area contributed by atoms with Crippen molar-refractivity contribution in [1.29, 1.82) is 0 Å². The lowest BCUT2D eigenvalue weighted by Crippen LogP contribution is -2.16. The van der Waals surface area contributed by atoms with E-state index in [9.17, 15) is 16.8 Å². The molecule has 0 spiro atoms. The van der Waals surface area contributed by atoms with Gasteiger partial charge in [0.2, 0.25) is 0 Å². The Morgan fingerprint density at radius 3 is 2.03 bits per heavy atom. The summed E-state index contributed by atoms with van der Waals surface area (Å²) in [6, 6.07) is 16.1. The Hall–Kier alpha value is -2.46. The maximum Gasteiger partial charge on any atom is 0.263 e. The van der Waals surface area contributed by atoms with Gasteiger partial charge in [-0.2, -0.15) is 0 Å². The molecule has 3 aromatic carbocycles. The van der Waals surface area contributed by atoms with E-state index in [2.05, 4.69) is 9.44 Å². The predicted octanol–water partition coefficient (Wildman–Crippen LogP) is 4.60. The number of rotatable bonds is 7. The van der Waals surface area contributed by atoms with Crippen LogP contribution in [0, 0.1) is 0 Å². The summed E-state index contributed by atoms with van der Waals surface area (Å²) < 4.78 is 60.9. The van der Waals surface area contributed by atoms with Gasteiger partial charge in [-0.3, -0.25) is 9.44 Å². The van der Waals surface area contributed by atoms with Gasteiger partial charge in [0.1, 0.15) is 15.5 Å². The molecule has 0 aliphatic carbocycles. The molecule has 0 aliphatic heterocycles. The van der Waals surface area contributed by atoms with E-state index in [1.54, 1.807) is 24.3 Å². The second-order valence-electron chi connectivity index (χ2n) is 5.99. The average molecular weight is 487 g/mol. The molecule has 7 nitrogen and oxygen atoms in total. The van der Waals surface area contributed by atoms with Crippen LogP contribution in [0.3, 0.4) is 0 Å². The van der Waals surface area contributed by atoms with Crippen LogP contribution in [0.25, 0.3) is 0 Å². The summed E-state index contributed by atoms with van der Waals surface area (Å²) >= 11 is 12.1. The van der Waals surface area contributed by atoms with E-state index in [0.29, 0.717) is 5.75 Å². The van der Waals surface area contributed by atoms with Crippen LogP contribution in [0.4, 0.5) is 11.4 Å². The molecule has 158 valence electrons. The number of methoxy groups -OCH3 is 1. The molecule has 0 amide bonds. The molecule has 0 saturated carbocycles. The summed E-state index contributed by atoms with van der Waals surface area (Å²) in [5, 5.41) is -0.0530. The molecule has 0 atom stereocenters. The van der Waals surface area contributed by atoms with Crippen LogP contribution in [0.15, 0.2) is 76.5 Å². The summed E-state index contributed by atoms with van der Waals surface area (Å²) in [7, 11) is -6.79. The number of nitrogens with one attached hydrogen (secondary N) is 2. The number of sulfonamides is 2. The molecule has 0 unspecified atom stereocenters. The van der Waals surface area contributed by atoms with Crippen LogP contribution in [-0.2, 0) is 20.0 Å². The molecule has 0 heterocycles. The quantitative estimate of drug-likeness (QED) is 0.507. The predicted molar refractivity (Wildman–Crippen MR) is 118 cm³/mol. The molecular weight excluding hydrogens is 471 g/mol. The number of halogens is 2. The third-order valence-corrected chi connectivity index (χ3v) is 7.68. The molecule has 3 aromatic rings. The van der Waals surface area contributed by atoms with E-state index in [-0.39, 0.29) is 31.2 Å². The Balaban J connectivity index is 1.96. The van der Waals surface area contributed by atoms with Crippen LogP contribution < -0.4 is 14.2 Å². The molecule has 0 aliphatic rings. The minimum atomic E-state index is -4.15. The highest BCUT2D eigenvalue weighted by Crippen LogP contribution is 2.31. The Labute approximate surface area is 184 Å². The van der Waals surface area contributed by atoms with Crippen molar-refractivity contribution in [3.63, 3.8) is 0 Å². The number of benzene rings is 3. The molecule has 0 saturated heterocycles. The number of anilines is 2. The molecule has 2 N–H and O–H groups in total. The van der Waals surface area contributed by atoms with Gasteiger partial charge >= 0.3 is 0 Å². The first-order valence-corrected chi connectivity index (χ1v) is 12.1. The summed E-state index contributed by atoms with van der Waals surface area (Å²) in [5.41, 5.74) is 0.206. The van der Waals surface area contributed by atoms with Crippen molar-refractivity contribution in [1.82, 2.24) is 0 Å². The maximum atomic E-state index is 12.9. The van der Waals surface area contributed by atoms with E-state index in [0.717, 1.165) is 6.07 Å². The van der Waals surface area contributed by atoms with Crippen LogP contribution >= 0.6 is 23.2 Å². The van der Waals surface area contributed by atoms with Gasteiger partial charge in [0.15, 0.2) is 0 Å². The molecule has 0 aromatic heterocycles. The van der Waals surface area contributed by atoms with Crippen LogP contribution in [-0.4, -0.2) is 23.9 Å². The zero-order chi connectivity index (χ0) is 21.9. The molecule has 0 radical (unpaired) electrons. The van der Waals surface area contributed by atoms with Crippen molar-refractivity contribution in [2.45, 2.75) is 9.79 Å². The largest absolute Gasteiger partial charge is 0.495 e. The van der Waals surface area contributed by atoms with Crippen molar-refractivity contribution in [3.05, 3.63) is 76.8 Å². The molecular formula is C19H16Cl2N2O5S2. The fourth-order valence-electron chi connectivity index (χ4n) is 2.57. The molecule has 30 heavy (non-hydrogen) atoms. The third-order valence-electron chi connectivity index (χ3n) is 3.95. The van der Waals surface area contributed by atoms with Crippen molar-refractivity contribution in [2.24, 2.45) is 0 Å². The van der Waals surface area contributed by atoms with E-state index >= 15 is 0 Å². The molecule has 11 heteroatoms. The lowest BCUT2D eigenvalue weighted by Gasteiger charge is -2.14. The highest BCUT2D eigenvalue weighted by atomic mass is 35.5. The normalized spacial score (nSPS) is 11.7. The zero-order valence-corrected chi connectivity index (χ0v) is 18.6. The minimum Gasteiger partial charge on any atom is -0.495 e. The van der Waals surface area contributed by atoms with Gasteiger partial charge in [-0.15, -0.1) is 0 Å². The van der Waals surface area contributed by atoms with Gasteiger partial charge < -0.3 is 4.74 Å². The van der Waals surface area contributed by atoms with E-state index < -0.39 is 20.0 Å². The first-order valence-electron chi connectivity index (χ1n) is 8.37. The fourth-order valence-corrected chi connectivity index (χ4v) is 5.74. The van der Waals surface area contributed by atoms with Gasteiger partial charge in [-0.05, 0) is 42.5 Å². The molecule has 0 fully saturated rings. The van der Waals surface area contributed by atoms with Crippen LogP contribution in [0.2, 0.25) is 10.0 Å². The summed E-state index contributed by atoms with van der Waals surface area (Å²) in [4.78, 5) is -0.451. The Kier molecular flexibility index (Phi) is 6.47. The molecule has 3 rings (SSSR count). The Bertz CT molecular complexity index is 1300. The fraction of sp³-hybridized carbons (Fsp3) is 0.0526. The monoisotopic (exact) mass is 486 g/mol. The van der Waals surface area contributed by atoms with Gasteiger partial charge in [0, 0.05) is 0 Å². The second-order valence-corrected chi connectivity index (χ2v) is 10.1. The van der Waals surface area contributed by atoms with E-state index in [4.69, 9.17) is 27.9 Å². The van der Waals surface area contributed by atoms with Crippen molar-refractivity contribution in [3.8, 4) is 5.75 Å². The number of para-hydroxylation sites is 2. The topological polar surface area (TPSA) is 102 Å². The standard InChI is InChI=1S/C19H16Cl2N2O5S2/c1-28-17-8-4-3-7-16(17)23-30(26,27)19-12-13(10-11-15(19)21)22-29(24,25)18-9-5-2-6-14(18)20/h2-12,22-23H,1H3. The zero-order valence-electron chi connectivity index (χ0n) is 15.5. The van der Waals surface area contributed by atoms with Gasteiger partial charge in [-0.1, -0.05) is 47.5 Å². The highest BCUT2D eigenvalue weighted by molar-refractivity contribution is 7.93.